The van der Waals surface area contributed by atoms with Gasteiger partial charge in [0.2, 0.25) is 5.95 Å². The molecule has 0 amide bonds. The van der Waals surface area contributed by atoms with Gasteiger partial charge in [-0.1, -0.05) is 43.6 Å². The van der Waals surface area contributed by atoms with E-state index >= 15 is 0 Å². The van der Waals surface area contributed by atoms with Crippen LogP contribution in [0.15, 0.2) is 54.7 Å². The van der Waals surface area contributed by atoms with Crippen LogP contribution in [0.25, 0.3) is 4.85 Å². The number of ether oxygens (including phenoxy) is 1. The molecule has 0 aliphatic carbocycles. The van der Waals surface area contributed by atoms with Crippen molar-refractivity contribution < 1.29 is 4.74 Å². The molecule has 0 radical (unpaired) electrons. The molecule has 1 spiro atoms. The highest BCUT2D eigenvalue weighted by molar-refractivity contribution is 6.31. The molecule has 3 fully saturated rings. The zero-order valence-corrected chi connectivity index (χ0v) is 25.5. The zero-order chi connectivity index (χ0) is 29.2. The van der Waals surface area contributed by atoms with E-state index in [4.69, 9.17) is 27.9 Å². The highest BCUT2D eigenvalue weighted by Gasteiger charge is 2.46. The van der Waals surface area contributed by atoms with Gasteiger partial charge in [0.05, 0.1) is 12.3 Å². The van der Waals surface area contributed by atoms with E-state index in [1.54, 1.807) is 6.07 Å². The van der Waals surface area contributed by atoms with E-state index in [0.29, 0.717) is 22.7 Å². The Morgan fingerprint density at radius 2 is 1.79 bits per heavy atom. The first-order chi connectivity index (χ1) is 20.3. The number of benzene rings is 2. The van der Waals surface area contributed by atoms with Gasteiger partial charge in [0, 0.05) is 41.7 Å². The first-order valence-electron chi connectivity index (χ1n) is 15.2. The van der Waals surface area contributed by atoms with Crippen molar-refractivity contribution in [1.82, 2.24) is 20.2 Å². The van der Waals surface area contributed by atoms with E-state index in [2.05, 4.69) is 50.9 Å². The lowest BCUT2D eigenvalue weighted by Crippen LogP contribution is -2.61. The summed E-state index contributed by atoms with van der Waals surface area (Å²) >= 11 is 6.28. The van der Waals surface area contributed by atoms with Gasteiger partial charge in [-0.05, 0) is 99.2 Å². The lowest BCUT2D eigenvalue weighted by atomic mass is 9.72. The summed E-state index contributed by atoms with van der Waals surface area (Å²) in [6, 6.07) is 15.6. The number of hydrogen-bond donors (Lipinski definition) is 1. The Morgan fingerprint density at radius 1 is 1.05 bits per heavy atom. The van der Waals surface area contributed by atoms with Crippen molar-refractivity contribution in [1.29, 1.82) is 0 Å². The van der Waals surface area contributed by atoms with Crippen molar-refractivity contribution >= 4 is 23.2 Å². The minimum Gasteiger partial charge on any atom is -0.487 e. The third-order valence-corrected chi connectivity index (χ3v) is 9.84. The maximum Gasteiger partial charge on any atom is 0.225 e. The van der Waals surface area contributed by atoms with Gasteiger partial charge < -0.3 is 19.9 Å². The Balaban J connectivity index is 1.00. The van der Waals surface area contributed by atoms with Crippen LogP contribution < -0.4 is 15.0 Å². The van der Waals surface area contributed by atoms with Gasteiger partial charge in [-0.15, -0.1) is 0 Å². The van der Waals surface area contributed by atoms with Crippen molar-refractivity contribution in [3.05, 3.63) is 88.0 Å². The van der Waals surface area contributed by atoms with Crippen LogP contribution in [0.2, 0.25) is 5.02 Å². The molecular formula is C34H41ClN6O. The van der Waals surface area contributed by atoms with Crippen molar-refractivity contribution in [2.75, 3.05) is 50.7 Å². The Kier molecular flexibility index (Phi) is 8.40. The van der Waals surface area contributed by atoms with E-state index in [1.807, 2.05) is 36.5 Å². The molecule has 1 N–H and O–H groups in total. The van der Waals surface area contributed by atoms with E-state index in [9.17, 15) is 0 Å². The Labute approximate surface area is 255 Å². The van der Waals surface area contributed by atoms with Gasteiger partial charge in [0.15, 0.2) is 5.69 Å². The van der Waals surface area contributed by atoms with Gasteiger partial charge >= 0.3 is 0 Å². The van der Waals surface area contributed by atoms with Crippen molar-refractivity contribution in [3.8, 4) is 5.75 Å². The van der Waals surface area contributed by atoms with Crippen LogP contribution >= 0.6 is 11.6 Å². The maximum atomic E-state index is 7.37. The first-order valence-corrected chi connectivity index (χ1v) is 15.6. The third kappa shape index (κ3) is 6.41. The molecule has 0 atom stereocenters. The average molecular weight is 585 g/mol. The predicted octanol–water partition coefficient (Wildman–Crippen LogP) is 6.49. The van der Waals surface area contributed by atoms with Crippen LogP contribution in [0.1, 0.15) is 56.4 Å². The maximum absolute atomic E-state index is 7.37. The molecule has 4 heterocycles. The Morgan fingerprint density at radius 3 is 2.50 bits per heavy atom. The molecule has 3 aliphatic rings. The number of anilines is 1. The van der Waals surface area contributed by atoms with Crippen molar-refractivity contribution in [2.24, 2.45) is 11.3 Å². The molecule has 6 rings (SSSR count). The molecular weight excluding hydrogens is 544 g/mol. The highest BCUT2D eigenvalue weighted by atomic mass is 35.5. The minimum atomic E-state index is -0.303. The quantitative estimate of drug-likeness (QED) is 0.306. The summed E-state index contributed by atoms with van der Waals surface area (Å²) in [4.78, 5) is 18.0. The van der Waals surface area contributed by atoms with Crippen LogP contribution in [-0.4, -0.2) is 60.7 Å². The van der Waals surface area contributed by atoms with E-state index in [-0.39, 0.29) is 5.41 Å². The largest absolute Gasteiger partial charge is 0.487 e. The summed E-state index contributed by atoms with van der Waals surface area (Å²) < 4.78 is 6.11. The molecule has 3 saturated heterocycles. The highest BCUT2D eigenvalue weighted by Crippen LogP contribution is 2.42. The van der Waals surface area contributed by atoms with Gasteiger partial charge in [-0.3, -0.25) is 0 Å². The van der Waals surface area contributed by atoms with Crippen LogP contribution in [-0.2, 0) is 12.0 Å². The number of likely N-dealkylation sites (tertiary alicyclic amines) is 1. The lowest BCUT2D eigenvalue weighted by Gasteiger charge is -2.54. The smallest absolute Gasteiger partial charge is 0.225 e. The van der Waals surface area contributed by atoms with Crippen LogP contribution in [0.3, 0.4) is 0 Å². The number of nitrogens with zero attached hydrogens (tertiary/aromatic N) is 5. The van der Waals surface area contributed by atoms with Gasteiger partial charge in [-0.2, -0.15) is 0 Å². The molecule has 42 heavy (non-hydrogen) atoms. The SMILES string of the molecule is [C-]#[N+]c1cc(Cl)cc(C(C)(C)c2ccc(OCc3ccnc(N4CC5(CCN(CC6CCNCC6)CC5)C4)n3)cc2)c1. The van der Waals surface area contributed by atoms with Crippen LogP contribution in [0.5, 0.6) is 5.75 Å². The number of aromatic nitrogens is 2. The number of rotatable bonds is 8. The summed E-state index contributed by atoms with van der Waals surface area (Å²) in [5.74, 6) is 2.48. The van der Waals surface area contributed by atoms with Gasteiger partial charge in [0.25, 0.3) is 0 Å². The summed E-state index contributed by atoms with van der Waals surface area (Å²) in [7, 11) is 0. The summed E-state index contributed by atoms with van der Waals surface area (Å²) in [5, 5.41) is 4.07. The normalized spacial score (nSPS) is 19.3. The minimum absolute atomic E-state index is 0.303. The molecule has 0 unspecified atom stereocenters. The van der Waals surface area contributed by atoms with Crippen molar-refractivity contribution in [2.45, 2.75) is 51.6 Å². The van der Waals surface area contributed by atoms with Gasteiger partial charge in [-0.25, -0.2) is 14.8 Å². The second kappa shape index (κ2) is 12.2. The second-order valence-electron chi connectivity index (χ2n) is 12.9. The monoisotopic (exact) mass is 584 g/mol. The lowest BCUT2D eigenvalue weighted by molar-refractivity contribution is 0.0632. The zero-order valence-electron chi connectivity index (χ0n) is 24.8. The van der Waals surface area contributed by atoms with Crippen LogP contribution in [0.4, 0.5) is 11.6 Å². The fourth-order valence-electron chi connectivity index (χ4n) is 6.77. The molecule has 220 valence electrons. The summed E-state index contributed by atoms with van der Waals surface area (Å²) in [6.07, 6.45) is 7.06. The number of hydrogen-bond acceptors (Lipinski definition) is 6. The predicted molar refractivity (Wildman–Crippen MR) is 169 cm³/mol. The molecule has 0 bridgehead atoms. The summed E-state index contributed by atoms with van der Waals surface area (Å²) in [5.41, 5.74) is 3.70. The third-order valence-electron chi connectivity index (χ3n) is 9.62. The number of nitrogens with one attached hydrogen (secondary N) is 1. The fourth-order valence-corrected chi connectivity index (χ4v) is 7.00. The molecule has 8 heteroatoms. The molecule has 2 aromatic carbocycles. The molecule has 0 saturated carbocycles. The van der Waals surface area contributed by atoms with Crippen molar-refractivity contribution in [3.63, 3.8) is 0 Å². The Bertz CT molecular complexity index is 1410. The molecule has 3 aliphatic heterocycles. The number of piperidine rings is 2. The average Bonchev–Trinajstić information content (AvgIpc) is 3.00. The second-order valence-corrected chi connectivity index (χ2v) is 13.4. The van der Waals surface area contributed by atoms with Crippen LogP contribution in [0, 0.1) is 17.9 Å². The standard InChI is InChI=1S/C34H41ClN6O/c1-33(2,27-18-28(35)20-30(19-27)36-3)26-4-6-31(7-5-26)42-22-29-10-15-38-32(39-29)41-23-34(24-41)11-16-40(17-12-34)21-25-8-13-37-14-9-25/h4-7,10,15,18-20,25,37H,8-9,11-14,16-17,21-24H2,1-2H3. The molecule has 7 nitrogen and oxygen atoms in total. The van der Waals surface area contributed by atoms with E-state index < -0.39 is 0 Å². The number of halogens is 1. The molecule has 3 aromatic rings. The first kappa shape index (κ1) is 28.9. The summed E-state index contributed by atoms with van der Waals surface area (Å²) in [6.45, 7) is 20.3. The molecule has 1 aromatic heterocycles. The fraction of sp³-hybridized carbons (Fsp3) is 0.500. The van der Waals surface area contributed by atoms with Gasteiger partial charge in [0.1, 0.15) is 12.4 Å². The Hall–Kier alpha value is -3.18. The van der Waals surface area contributed by atoms with E-state index in [0.717, 1.165) is 47.5 Å². The topological polar surface area (TPSA) is 57.9 Å². The van der Waals surface area contributed by atoms with E-state index in [1.165, 1.54) is 58.4 Å².